The Morgan fingerprint density at radius 1 is 1.10 bits per heavy atom. The third-order valence-electron chi connectivity index (χ3n) is 2.71. The maximum Gasteiger partial charge on any atom is 0.319 e. The number of hydrogen-bond donors (Lipinski definition) is 3. The number of benzene rings is 1. The summed E-state index contributed by atoms with van der Waals surface area (Å²) in [6.07, 6.45) is 2.00. The molecular weight excluding hydrogens is 266 g/mol. The Balaban J connectivity index is 2.54. The molecular formula is C16H25N3O2. The predicted molar refractivity (Wildman–Crippen MR) is 85.6 cm³/mol. The first kappa shape index (κ1) is 17.0. The van der Waals surface area contributed by atoms with Gasteiger partial charge >= 0.3 is 6.03 Å². The summed E-state index contributed by atoms with van der Waals surface area (Å²) in [4.78, 5) is 23.5. The number of carbonyl (C=O) groups excluding carboxylic acids is 2. The van der Waals surface area contributed by atoms with Crippen molar-refractivity contribution in [1.82, 2.24) is 10.6 Å². The molecule has 5 heteroatoms. The average Bonchev–Trinajstić information content (AvgIpc) is 2.38. The Hall–Kier alpha value is -2.04. The second kappa shape index (κ2) is 7.67. The molecule has 0 radical (unpaired) electrons. The smallest absolute Gasteiger partial charge is 0.319 e. The van der Waals surface area contributed by atoms with E-state index in [9.17, 15) is 9.59 Å². The minimum absolute atomic E-state index is 0.124. The summed E-state index contributed by atoms with van der Waals surface area (Å²) < 4.78 is 0. The highest BCUT2D eigenvalue weighted by Gasteiger charge is 2.15. The van der Waals surface area contributed by atoms with Gasteiger partial charge in [-0.25, -0.2) is 4.79 Å². The van der Waals surface area contributed by atoms with Gasteiger partial charge in [0.2, 0.25) is 0 Å². The van der Waals surface area contributed by atoms with Gasteiger partial charge in [0.15, 0.2) is 0 Å². The summed E-state index contributed by atoms with van der Waals surface area (Å²) in [5.74, 6) is -0.124. The molecule has 0 unspecified atom stereocenters. The molecule has 0 aromatic heterocycles. The number of rotatable bonds is 5. The highest BCUT2D eigenvalue weighted by atomic mass is 16.2. The molecule has 0 aliphatic carbocycles. The first-order valence-corrected chi connectivity index (χ1v) is 7.29. The maximum atomic E-state index is 12.0. The van der Waals surface area contributed by atoms with Crippen LogP contribution in [0.4, 0.5) is 10.5 Å². The van der Waals surface area contributed by atoms with E-state index in [0.29, 0.717) is 17.8 Å². The molecule has 0 heterocycles. The van der Waals surface area contributed by atoms with Gasteiger partial charge in [-0.15, -0.1) is 0 Å². The fourth-order valence-corrected chi connectivity index (χ4v) is 1.67. The minimum atomic E-state index is -0.271. The van der Waals surface area contributed by atoms with E-state index in [1.165, 1.54) is 0 Å². The normalized spacial score (nSPS) is 10.9. The highest BCUT2D eigenvalue weighted by molar-refractivity contribution is 5.95. The van der Waals surface area contributed by atoms with Gasteiger partial charge in [0.1, 0.15) is 0 Å². The van der Waals surface area contributed by atoms with Gasteiger partial charge in [-0.3, -0.25) is 4.79 Å². The molecule has 0 fully saturated rings. The van der Waals surface area contributed by atoms with Crippen LogP contribution in [-0.2, 0) is 0 Å². The molecule has 3 N–H and O–H groups in total. The predicted octanol–water partition coefficient (Wildman–Crippen LogP) is 3.14. The van der Waals surface area contributed by atoms with E-state index in [4.69, 9.17) is 0 Å². The Morgan fingerprint density at radius 3 is 2.24 bits per heavy atom. The van der Waals surface area contributed by atoms with Crippen molar-refractivity contribution >= 4 is 17.6 Å². The topological polar surface area (TPSA) is 70.2 Å². The number of amides is 3. The van der Waals surface area contributed by atoms with E-state index in [-0.39, 0.29) is 17.5 Å². The van der Waals surface area contributed by atoms with Gasteiger partial charge in [-0.1, -0.05) is 13.3 Å². The number of anilines is 1. The number of hydrogen-bond acceptors (Lipinski definition) is 2. The first-order chi connectivity index (χ1) is 9.81. The van der Waals surface area contributed by atoms with Gasteiger partial charge in [0.25, 0.3) is 5.91 Å². The number of carbonyl (C=O) groups is 2. The fraction of sp³-hybridized carbons (Fsp3) is 0.500. The van der Waals surface area contributed by atoms with Gasteiger partial charge < -0.3 is 16.0 Å². The molecule has 0 saturated heterocycles. The Bertz CT molecular complexity index is 475. The van der Waals surface area contributed by atoms with E-state index in [1.54, 1.807) is 24.3 Å². The molecule has 1 aromatic carbocycles. The summed E-state index contributed by atoms with van der Waals surface area (Å²) in [5.41, 5.74) is 0.964. The molecule has 0 spiro atoms. The summed E-state index contributed by atoms with van der Waals surface area (Å²) in [6, 6.07) is 6.61. The third-order valence-corrected chi connectivity index (χ3v) is 2.71. The van der Waals surface area contributed by atoms with Gasteiger partial charge in [-0.05, 0) is 51.5 Å². The average molecular weight is 291 g/mol. The zero-order chi connectivity index (χ0) is 15.9. The third kappa shape index (κ3) is 6.79. The molecule has 21 heavy (non-hydrogen) atoms. The molecule has 116 valence electrons. The van der Waals surface area contributed by atoms with Crippen molar-refractivity contribution in [2.75, 3.05) is 11.9 Å². The van der Waals surface area contributed by atoms with Crippen molar-refractivity contribution in [1.29, 1.82) is 0 Å². The van der Waals surface area contributed by atoms with E-state index >= 15 is 0 Å². The summed E-state index contributed by atoms with van der Waals surface area (Å²) in [7, 11) is 0. The van der Waals surface area contributed by atoms with Crippen LogP contribution in [0.1, 0.15) is 50.9 Å². The number of nitrogens with one attached hydrogen (secondary N) is 3. The van der Waals surface area contributed by atoms with Crippen LogP contribution in [0.15, 0.2) is 24.3 Å². The lowest BCUT2D eigenvalue weighted by atomic mass is 10.1. The Kier molecular flexibility index (Phi) is 6.21. The molecule has 1 rings (SSSR count). The van der Waals surface area contributed by atoms with Gasteiger partial charge in [0.05, 0.1) is 0 Å². The van der Waals surface area contributed by atoms with Gasteiger partial charge in [-0.2, -0.15) is 0 Å². The van der Waals surface area contributed by atoms with E-state index in [0.717, 1.165) is 12.8 Å². The lowest BCUT2D eigenvalue weighted by Crippen LogP contribution is -2.40. The van der Waals surface area contributed by atoms with Crippen molar-refractivity contribution in [2.24, 2.45) is 0 Å². The van der Waals surface area contributed by atoms with E-state index in [2.05, 4.69) is 22.9 Å². The molecule has 1 aromatic rings. The molecule has 5 nitrogen and oxygen atoms in total. The molecule has 0 aliphatic rings. The molecule has 0 aliphatic heterocycles. The van der Waals surface area contributed by atoms with Crippen molar-refractivity contribution in [2.45, 2.75) is 46.1 Å². The van der Waals surface area contributed by atoms with E-state index < -0.39 is 0 Å². The quantitative estimate of drug-likeness (QED) is 0.729. The standard InChI is InChI=1S/C16H25N3O2/c1-5-6-11-17-15(21)18-13-9-7-12(8-10-13)14(20)19-16(2,3)4/h7-10H,5-6,11H2,1-4H3,(H,19,20)(H2,17,18,21). The zero-order valence-corrected chi connectivity index (χ0v) is 13.2. The van der Waals surface area contributed by atoms with Crippen LogP contribution < -0.4 is 16.0 Å². The SMILES string of the molecule is CCCCNC(=O)Nc1ccc(C(=O)NC(C)(C)C)cc1. The monoisotopic (exact) mass is 291 g/mol. The van der Waals surface area contributed by atoms with Crippen LogP contribution in [0.3, 0.4) is 0 Å². The highest BCUT2D eigenvalue weighted by Crippen LogP contribution is 2.11. The molecule has 0 atom stereocenters. The van der Waals surface area contributed by atoms with Crippen LogP contribution >= 0.6 is 0 Å². The second-order valence-electron chi connectivity index (χ2n) is 6.02. The van der Waals surface area contributed by atoms with Crippen LogP contribution in [0.25, 0.3) is 0 Å². The summed E-state index contributed by atoms with van der Waals surface area (Å²) in [6.45, 7) is 8.53. The van der Waals surface area contributed by atoms with E-state index in [1.807, 2.05) is 20.8 Å². The van der Waals surface area contributed by atoms with Crippen molar-refractivity contribution < 1.29 is 9.59 Å². The fourth-order valence-electron chi connectivity index (χ4n) is 1.67. The lowest BCUT2D eigenvalue weighted by Gasteiger charge is -2.20. The van der Waals surface area contributed by atoms with Gasteiger partial charge in [0, 0.05) is 23.3 Å². The lowest BCUT2D eigenvalue weighted by molar-refractivity contribution is 0.0919. The molecule has 0 bridgehead atoms. The van der Waals surface area contributed by atoms with Crippen LogP contribution in [-0.4, -0.2) is 24.0 Å². The summed E-state index contributed by atoms with van der Waals surface area (Å²) in [5, 5.41) is 8.40. The van der Waals surface area contributed by atoms with Crippen molar-refractivity contribution in [3.05, 3.63) is 29.8 Å². The second-order valence-corrected chi connectivity index (χ2v) is 6.02. The van der Waals surface area contributed by atoms with Crippen LogP contribution in [0.2, 0.25) is 0 Å². The number of unbranched alkanes of at least 4 members (excludes halogenated alkanes) is 1. The van der Waals surface area contributed by atoms with Crippen molar-refractivity contribution in [3.63, 3.8) is 0 Å². The summed E-state index contributed by atoms with van der Waals surface area (Å²) >= 11 is 0. The van der Waals surface area contributed by atoms with Crippen molar-refractivity contribution in [3.8, 4) is 0 Å². The van der Waals surface area contributed by atoms with Crippen LogP contribution in [0, 0.1) is 0 Å². The minimum Gasteiger partial charge on any atom is -0.347 e. The first-order valence-electron chi connectivity index (χ1n) is 7.29. The molecule has 0 saturated carbocycles. The van der Waals surface area contributed by atoms with Crippen LogP contribution in [0.5, 0.6) is 0 Å². The largest absolute Gasteiger partial charge is 0.347 e. The zero-order valence-electron chi connectivity index (χ0n) is 13.2. The Labute approximate surface area is 126 Å². The molecule has 3 amide bonds. The Morgan fingerprint density at radius 2 is 1.71 bits per heavy atom. The maximum absolute atomic E-state index is 12.0. The number of urea groups is 1.